The predicted octanol–water partition coefficient (Wildman–Crippen LogP) is 2.45. The number of benzene rings is 1. The summed E-state index contributed by atoms with van der Waals surface area (Å²) in [6.45, 7) is 6.79. The zero-order chi connectivity index (χ0) is 17.4. The molecule has 1 atom stereocenters. The van der Waals surface area contributed by atoms with Crippen molar-refractivity contribution in [2.45, 2.75) is 45.7 Å². The Morgan fingerprint density at radius 2 is 2.00 bits per heavy atom. The van der Waals surface area contributed by atoms with Crippen LogP contribution in [-0.4, -0.2) is 54.0 Å². The molecule has 5 heteroatoms. The van der Waals surface area contributed by atoms with Crippen LogP contribution in [0.1, 0.15) is 38.7 Å². The van der Waals surface area contributed by atoms with Crippen molar-refractivity contribution in [3.05, 3.63) is 35.9 Å². The summed E-state index contributed by atoms with van der Waals surface area (Å²) in [6.07, 6.45) is 1.62. The molecule has 0 saturated carbocycles. The highest BCUT2D eigenvalue weighted by molar-refractivity contribution is 5.80. The van der Waals surface area contributed by atoms with Crippen LogP contribution in [0.25, 0.3) is 0 Å². The van der Waals surface area contributed by atoms with Crippen molar-refractivity contribution in [1.29, 1.82) is 0 Å². The van der Waals surface area contributed by atoms with Crippen molar-refractivity contribution in [2.75, 3.05) is 26.3 Å². The summed E-state index contributed by atoms with van der Waals surface area (Å²) in [5.74, 6) is 0.210. The minimum Gasteiger partial charge on any atom is -0.381 e. The molecule has 1 heterocycles. The van der Waals surface area contributed by atoms with Gasteiger partial charge in [-0.05, 0) is 18.9 Å². The van der Waals surface area contributed by atoms with Gasteiger partial charge in [-0.15, -0.1) is 0 Å². The Kier molecular flexibility index (Phi) is 7.25. The van der Waals surface area contributed by atoms with E-state index in [0.29, 0.717) is 45.7 Å². The summed E-state index contributed by atoms with van der Waals surface area (Å²) >= 11 is 0. The zero-order valence-corrected chi connectivity index (χ0v) is 14.7. The Balaban J connectivity index is 2.03. The van der Waals surface area contributed by atoms with Gasteiger partial charge in [-0.1, -0.05) is 37.3 Å². The van der Waals surface area contributed by atoms with E-state index in [4.69, 9.17) is 4.74 Å². The first kappa shape index (κ1) is 18.5. The first-order chi connectivity index (χ1) is 11.7. The van der Waals surface area contributed by atoms with E-state index in [1.165, 1.54) is 0 Å². The van der Waals surface area contributed by atoms with Crippen LogP contribution in [0.3, 0.4) is 0 Å². The molecule has 1 aromatic rings. The average molecular weight is 332 g/mol. The maximum atomic E-state index is 12.6. The monoisotopic (exact) mass is 332 g/mol. The quantitative estimate of drug-likeness (QED) is 0.721. The minimum atomic E-state index is 0.0660. The van der Waals surface area contributed by atoms with Gasteiger partial charge in [0.25, 0.3) is 0 Å². The third kappa shape index (κ3) is 5.06. The molecule has 0 N–H and O–H groups in total. The Hall–Kier alpha value is -1.88. The van der Waals surface area contributed by atoms with Gasteiger partial charge in [0, 0.05) is 38.7 Å². The summed E-state index contributed by atoms with van der Waals surface area (Å²) < 4.78 is 5.28. The number of amides is 2. The molecule has 0 aliphatic carbocycles. The third-order valence-electron chi connectivity index (χ3n) is 4.47. The van der Waals surface area contributed by atoms with Crippen molar-refractivity contribution in [3.8, 4) is 0 Å². The molecular weight excluding hydrogens is 304 g/mol. The molecule has 1 fully saturated rings. The zero-order valence-electron chi connectivity index (χ0n) is 14.7. The highest BCUT2D eigenvalue weighted by Gasteiger charge is 2.30. The van der Waals surface area contributed by atoms with Crippen molar-refractivity contribution >= 4 is 11.8 Å². The SMILES string of the molecule is CCOCCC(=O)N1CCC(=O)N(Cc2ccccc2)[C@H](CC)C1. The van der Waals surface area contributed by atoms with Gasteiger partial charge in [0.1, 0.15) is 0 Å². The molecule has 1 aliphatic heterocycles. The molecule has 1 saturated heterocycles. The number of carbonyl (C=O) groups excluding carboxylic acids is 2. The molecule has 0 spiro atoms. The molecule has 1 aromatic carbocycles. The maximum Gasteiger partial charge on any atom is 0.224 e. The third-order valence-corrected chi connectivity index (χ3v) is 4.47. The second kappa shape index (κ2) is 9.42. The maximum absolute atomic E-state index is 12.6. The van der Waals surface area contributed by atoms with E-state index in [0.717, 1.165) is 12.0 Å². The lowest BCUT2D eigenvalue weighted by atomic mass is 10.1. The number of rotatable bonds is 7. The van der Waals surface area contributed by atoms with Crippen LogP contribution in [0.5, 0.6) is 0 Å². The lowest BCUT2D eigenvalue weighted by Gasteiger charge is -2.31. The van der Waals surface area contributed by atoms with E-state index in [1.807, 2.05) is 47.1 Å². The molecule has 0 unspecified atom stereocenters. The molecule has 2 amide bonds. The molecule has 0 bridgehead atoms. The Bertz CT molecular complexity index is 533. The Labute approximate surface area is 144 Å². The molecular formula is C19H28N2O3. The summed E-state index contributed by atoms with van der Waals surface area (Å²) in [7, 11) is 0. The number of nitrogens with zero attached hydrogens (tertiary/aromatic N) is 2. The normalized spacial score (nSPS) is 18.6. The summed E-state index contributed by atoms with van der Waals surface area (Å²) in [4.78, 5) is 28.7. The van der Waals surface area contributed by atoms with Crippen molar-refractivity contribution in [3.63, 3.8) is 0 Å². The van der Waals surface area contributed by atoms with Crippen LogP contribution in [0.4, 0.5) is 0 Å². The van der Waals surface area contributed by atoms with Gasteiger partial charge in [0.2, 0.25) is 11.8 Å². The van der Waals surface area contributed by atoms with Gasteiger partial charge >= 0.3 is 0 Å². The fourth-order valence-electron chi connectivity index (χ4n) is 3.06. The van der Waals surface area contributed by atoms with E-state index in [2.05, 4.69) is 6.92 Å². The molecule has 24 heavy (non-hydrogen) atoms. The largest absolute Gasteiger partial charge is 0.381 e. The van der Waals surface area contributed by atoms with Crippen LogP contribution in [-0.2, 0) is 20.9 Å². The molecule has 132 valence electrons. The molecule has 5 nitrogen and oxygen atoms in total. The number of hydrogen-bond donors (Lipinski definition) is 0. The minimum absolute atomic E-state index is 0.0660. The standard InChI is InChI=1S/C19H28N2O3/c1-3-17-15-20(18(22)11-13-24-4-2)12-10-19(23)21(17)14-16-8-6-5-7-9-16/h5-9,17H,3-4,10-15H2,1-2H3/t17-/m1/s1. The van der Waals surface area contributed by atoms with Crippen LogP contribution >= 0.6 is 0 Å². The Morgan fingerprint density at radius 3 is 2.67 bits per heavy atom. The van der Waals surface area contributed by atoms with Crippen molar-refractivity contribution in [2.24, 2.45) is 0 Å². The Morgan fingerprint density at radius 1 is 1.25 bits per heavy atom. The second-order valence-corrected chi connectivity index (χ2v) is 6.11. The number of hydrogen-bond acceptors (Lipinski definition) is 3. The van der Waals surface area contributed by atoms with Crippen LogP contribution in [0.15, 0.2) is 30.3 Å². The molecule has 2 rings (SSSR count). The topological polar surface area (TPSA) is 49.9 Å². The highest BCUT2D eigenvalue weighted by Crippen LogP contribution is 2.18. The van der Waals surface area contributed by atoms with Crippen LogP contribution in [0.2, 0.25) is 0 Å². The van der Waals surface area contributed by atoms with E-state index in [9.17, 15) is 9.59 Å². The average Bonchev–Trinajstić information content (AvgIpc) is 2.76. The lowest BCUT2D eigenvalue weighted by molar-refractivity contribution is -0.134. The first-order valence-corrected chi connectivity index (χ1v) is 8.84. The van der Waals surface area contributed by atoms with Gasteiger partial charge < -0.3 is 14.5 Å². The molecule has 0 radical (unpaired) electrons. The number of ether oxygens (including phenoxy) is 1. The lowest BCUT2D eigenvalue weighted by Crippen LogP contribution is -2.43. The second-order valence-electron chi connectivity index (χ2n) is 6.11. The summed E-state index contributed by atoms with van der Waals surface area (Å²) in [6, 6.07) is 10.1. The molecule has 1 aliphatic rings. The predicted molar refractivity (Wildman–Crippen MR) is 93.4 cm³/mol. The summed E-state index contributed by atoms with van der Waals surface area (Å²) in [5.41, 5.74) is 1.13. The summed E-state index contributed by atoms with van der Waals surface area (Å²) in [5, 5.41) is 0. The fraction of sp³-hybridized carbons (Fsp3) is 0.579. The van der Waals surface area contributed by atoms with Gasteiger partial charge in [-0.2, -0.15) is 0 Å². The van der Waals surface area contributed by atoms with Crippen molar-refractivity contribution in [1.82, 2.24) is 9.80 Å². The van der Waals surface area contributed by atoms with Gasteiger partial charge in [-0.25, -0.2) is 0 Å². The van der Waals surface area contributed by atoms with Gasteiger partial charge in [0.15, 0.2) is 0 Å². The van der Waals surface area contributed by atoms with E-state index in [-0.39, 0.29) is 17.9 Å². The molecule has 0 aromatic heterocycles. The van der Waals surface area contributed by atoms with Crippen LogP contribution < -0.4 is 0 Å². The smallest absolute Gasteiger partial charge is 0.224 e. The number of carbonyl (C=O) groups is 2. The van der Waals surface area contributed by atoms with Crippen molar-refractivity contribution < 1.29 is 14.3 Å². The fourth-order valence-corrected chi connectivity index (χ4v) is 3.06. The van der Waals surface area contributed by atoms with E-state index >= 15 is 0 Å². The van der Waals surface area contributed by atoms with Gasteiger partial charge in [-0.3, -0.25) is 9.59 Å². The highest BCUT2D eigenvalue weighted by atomic mass is 16.5. The van der Waals surface area contributed by atoms with E-state index < -0.39 is 0 Å². The van der Waals surface area contributed by atoms with Crippen LogP contribution in [0, 0.1) is 0 Å². The van der Waals surface area contributed by atoms with E-state index in [1.54, 1.807) is 0 Å². The first-order valence-electron chi connectivity index (χ1n) is 8.84. The van der Waals surface area contributed by atoms with Gasteiger partial charge in [0.05, 0.1) is 13.0 Å².